The Bertz CT molecular complexity index is 473. The predicted molar refractivity (Wildman–Crippen MR) is 67.3 cm³/mol. The largest absolute Gasteiger partial charge is 0.391 e. The van der Waals surface area contributed by atoms with Crippen LogP contribution < -0.4 is 11.1 Å². The number of nitrogens with zero attached hydrogens (tertiary/aromatic N) is 3. The van der Waals surface area contributed by atoms with Crippen molar-refractivity contribution in [1.82, 2.24) is 14.7 Å². The summed E-state index contributed by atoms with van der Waals surface area (Å²) in [4.78, 5) is 24.2. The van der Waals surface area contributed by atoms with Crippen LogP contribution in [-0.4, -0.2) is 50.9 Å². The van der Waals surface area contributed by atoms with E-state index >= 15 is 0 Å². The van der Waals surface area contributed by atoms with Crippen LogP contribution in [0.15, 0.2) is 12.4 Å². The number of nitrogens with two attached hydrogens (primary N) is 1. The lowest BCUT2D eigenvalue weighted by Gasteiger charge is -2.29. The van der Waals surface area contributed by atoms with Crippen molar-refractivity contribution in [3.05, 3.63) is 12.4 Å². The summed E-state index contributed by atoms with van der Waals surface area (Å²) in [5.74, 6) is -0.500. The number of aromatic nitrogens is 2. The number of anilines is 1. The number of aliphatic hydroxyl groups excluding tert-OH is 1. The second-order valence-electron chi connectivity index (χ2n) is 4.57. The van der Waals surface area contributed by atoms with E-state index < -0.39 is 12.0 Å². The Kier molecular flexibility index (Phi) is 4.00. The molecule has 3 amide bonds. The molecule has 1 atom stereocenters. The van der Waals surface area contributed by atoms with Crippen LogP contribution in [0.2, 0.25) is 0 Å². The van der Waals surface area contributed by atoms with E-state index in [1.807, 2.05) is 0 Å². The van der Waals surface area contributed by atoms with Crippen LogP contribution in [-0.2, 0) is 11.3 Å². The Labute approximate surface area is 110 Å². The van der Waals surface area contributed by atoms with Crippen molar-refractivity contribution < 1.29 is 14.7 Å². The second kappa shape index (κ2) is 5.70. The molecule has 1 saturated heterocycles. The van der Waals surface area contributed by atoms with Crippen molar-refractivity contribution in [2.75, 3.05) is 18.4 Å². The summed E-state index contributed by atoms with van der Waals surface area (Å²) in [6, 6.07) is -0.280. The molecule has 0 spiro atoms. The molecule has 8 nitrogen and oxygen atoms in total. The molecule has 0 unspecified atom stereocenters. The van der Waals surface area contributed by atoms with Crippen LogP contribution in [0.25, 0.3) is 0 Å². The lowest BCUT2D eigenvalue weighted by molar-refractivity contribution is -0.118. The number of piperidine rings is 1. The number of nitrogens with one attached hydrogen (secondary N) is 1. The summed E-state index contributed by atoms with van der Waals surface area (Å²) in [5, 5.41) is 16.1. The Morgan fingerprint density at radius 3 is 3.05 bits per heavy atom. The fourth-order valence-corrected chi connectivity index (χ4v) is 2.02. The third-order valence-corrected chi connectivity index (χ3v) is 2.89. The van der Waals surface area contributed by atoms with Gasteiger partial charge in [-0.05, 0) is 12.8 Å². The highest BCUT2D eigenvalue weighted by Crippen LogP contribution is 2.12. The number of rotatable bonds is 3. The number of amides is 3. The van der Waals surface area contributed by atoms with E-state index in [0.717, 1.165) is 12.8 Å². The summed E-state index contributed by atoms with van der Waals surface area (Å²) >= 11 is 0. The van der Waals surface area contributed by atoms with Gasteiger partial charge in [0.1, 0.15) is 6.54 Å². The van der Waals surface area contributed by atoms with Gasteiger partial charge in [0, 0.05) is 19.3 Å². The first-order valence-electron chi connectivity index (χ1n) is 6.09. The number of primary amides is 1. The lowest BCUT2D eigenvalue weighted by Crippen LogP contribution is -2.44. The van der Waals surface area contributed by atoms with Gasteiger partial charge in [0.15, 0.2) is 0 Å². The second-order valence-corrected chi connectivity index (χ2v) is 4.57. The number of hydrogen-bond acceptors (Lipinski definition) is 4. The molecule has 2 rings (SSSR count). The maximum absolute atomic E-state index is 11.9. The first-order valence-corrected chi connectivity index (χ1v) is 6.09. The number of carbonyl (C=O) groups is 2. The van der Waals surface area contributed by atoms with Gasteiger partial charge in [0.2, 0.25) is 5.91 Å². The standard InChI is InChI=1S/C11H17N5O3/c12-10(18)7-16-5-8(4-13-16)14-11(19)15-3-1-2-9(17)6-15/h4-5,9,17H,1-3,6-7H2,(H2,12,18)(H,14,19)/t9-/m0/s1. The van der Waals surface area contributed by atoms with Gasteiger partial charge >= 0.3 is 6.03 Å². The Balaban J connectivity index is 1.91. The molecule has 0 aliphatic carbocycles. The van der Waals surface area contributed by atoms with Crippen LogP contribution in [0, 0.1) is 0 Å². The van der Waals surface area contributed by atoms with E-state index in [0.29, 0.717) is 18.8 Å². The minimum Gasteiger partial charge on any atom is -0.391 e. The van der Waals surface area contributed by atoms with Crippen molar-refractivity contribution in [1.29, 1.82) is 0 Å². The zero-order valence-electron chi connectivity index (χ0n) is 10.5. The van der Waals surface area contributed by atoms with Gasteiger partial charge in [-0.15, -0.1) is 0 Å². The van der Waals surface area contributed by atoms with Crippen LogP contribution in [0.5, 0.6) is 0 Å². The average molecular weight is 267 g/mol. The molecule has 0 saturated carbocycles. The molecule has 19 heavy (non-hydrogen) atoms. The molecule has 0 radical (unpaired) electrons. The van der Waals surface area contributed by atoms with Gasteiger partial charge in [-0.1, -0.05) is 0 Å². The molecule has 1 aromatic rings. The van der Waals surface area contributed by atoms with Crippen LogP contribution in [0.4, 0.5) is 10.5 Å². The van der Waals surface area contributed by atoms with Crippen LogP contribution in [0.1, 0.15) is 12.8 Å². The van der Waals surface area contributed by atoms with Gasteiger partial charge in [-0.2, -0.15) is 5.10 Å². The number of aliphatic hydroxyl groups is 1. The third kappa shape index (κ3) is 3.68. The van der Waals surface area contributed by atoms with Gasteiger partial charge in [0.25, 0.3) is 0 Å². The zero-order valence-corrected chi connectivity index (χ0v) is 10.5. The smallest absolute Gasteiger partial charge is 0.322 e. The van der Waals surface area contributed by atoms with E-state index in [1.165, 1.54) is 17.1 Å². The molecule has 4 N–H and O–H groups in total. The number of likely N-dealkylation sites (tertiary alicyclic amines) is 1. The maximum atomic E-state index is 11.9. The van der Waals surface area contributed by atoms with Crippen molar-refractivity contribution in [2.45, 2.75) is 25.5 Å². The Hall–Kier alpha value is -2.09. The van der Waals surface area contributed by atoms with E-state index in [2.05, 4.69) is 10.4 Å². The minimum atomic E-state index is -0.500. The van der Waals surface area contributed by atoms with Crippen molar-refractivity contribution in [3.8, 4) is 0 Å². The first kappa shape index (κ1) is 13.3. The summed E-state index contributed by atoms with van der Waals surface area (Å²) in [6.07, 6.45) is 4.03. The number of β-amino-alcohol motifs (C(OH)–C–C–N with tert-alkyl or cyclic N) is 1. The lowest BCUT2D eigenvalue weighted by atomic mass is 10.1. The predicted octanol–water partition coefficient (Wildman–Crippen LogP) is -0.643. The molecule has 8 heteroatoms. The molecule has 2 heterocycles. The highest BCUT2D eigenvalue weighted by Gasteiger charge is 2.22. The Morgan fingerprint density at radius 1 is 1.58 bits per heavy atom. The molecule has 1 aliphatic heterocycles. The minimum absolute atomic E-state index is 0.0295. The highest BCUT2D eigenvalue weighted by atomic mass is 16.3. The molecule has 0 bridgehead atoms. The number of hydrogen-bond donors (Lipinski definition) is 3. The van der Waals surface area contributed by atoms with E-state index in [1.54, 1.807) is 4.90 Å². The molecule has 104 valence electrons. The van der Waals surface area contributed by atoms with E-state index in [4.69, 9.17) is 5.73 Å². The summed E-state index contributed by atoms with van der Waals surface area (Å²) in [7, 11) is 0. The number of carbonyl (C=O) groups excluding carboxylic acids is 2. The zero-order chi connectivity index (χ0) is 13.8. The van der Waals surface area contributed by atoms with Crippen molar-refractivity contribution >= 4 is 17.6 Å². The molecule has 1 fully saturated rings. The van der Waals surface area contributed by atoms with Gasteiger partial charge in [-0.3, -0.25) is 9.48 Å². The topological polar surface area (TPSA) is 113 Å². The molecular weight excluding hydrogens is 250 g/mol. The van der Waals surface area contributed by atoms with Crippen molar-refractivity contribution in [3.63, 3.8) is 0 Å². The quantitative estimate of drug-likeness (QED) is 0.675. The SMILES string of the molecule is NC(=O)Cn1cc(NC(=O)N2CCC[C@H](O)C2)cn1. The third-order valence-electron chi connectivity index (χ3n) is 2.89. The fraction of sp³-hybridized carbons (Fsp3) is 0.545. The molecular formula is C11H17N5O3. The first-order chi connectivity index (χ1) is 9.04. The number of urea groups is 1. The van der Waals surface area contributed by atoms with Gasteiger partial charge < -0.3 is 21.1 Å². The van der Waals surface area contributed by atoms with Crippen LogP contribution in [0.3, 0.4) is 0 Å². The monoisotopic (exact) mass is 267 g/mol. The van der Waals surface area contributed by atoms with E-state index in [9.17, 15) is 14.7 Å². The normalized spacial score (nSPS) is 19.2. The van der Waals surface area contributed by atoms with Crippen molar-refractivity contribution in [2.24, 2.45) is 5.73 Å². The molecule has 0 aromatic carbocycles. The highest BCUT2D eigenvalue weighted by molar-refractivity contribution is 5.89. The fourth-order valence-electron chi connectivity index (χ4n) is 2.02. The molecule has 1 aromatic heterocycles. The van der Waals surface area contributed by atoms with Gasteiger partial charge in [-0.25, -0.2) is 4.79 Å². The maximum Gasteiger partial charge on any atom is 0.322 e. The van der Waals surface area contributed by atoms with Gasteiger partial charge in [0.05, 0.1) is 18.0 Å². The van der Waals surface area contributed by atoms with Crippen LogP contribution >= 0.6 is 0 Å². The Morgan fingerprint density at radius 2 is 2.37 bits per heavy atom. The average Bonchev–Trinajstić information content (AvgIpc) is 2.75. The summed E-state index contributed by atoms with van der Waals surface area (Å²) < 4.78 is 1.35. The summed E-state index contributed by atoms with van der Waals surface area (Å²) in [5.41, 5.74) is 5.54. The molecule has 1 aliphatic rings. The summed E-state index contributed by atoms with van der Waals surface area (Å²) in [6.45, 7) is 0.928. The van der Waals surface area contributed by atoms with E-state index in [-0.39, 0.29) is 12.6 Å².